The number of aliphatic hydroxyl groups excluding tert-OH is 2. The molecule has 6 N–H and O–H groups in total. The first kappa shape index (κ1) is 18.7. The number of benzene rings is 2. The van der Waals surface area contributed by atoms with Gasteiger partial charge >= 0.3 is 6.09 Å². The molecule has 0 radical (unpaired) electrons. The maximum absolute atomic E-state index is 13.6. The summed E-state index contributed by atoms with van der Waals surface area (Å²) >= 11 is 0. The second-order valence-electron chi connectivity index (χ2n) is 5.34. The minimum atomic E-state index is -1.38. The van der Waals surface area contributed by atoms with Gasteiger partial charge in [-0.05, 0) is 23.3 Å². The summed E-state index contributed by atoms with van der Waals surface area (Å²) in [5.41, 5.74) is 3.21. The van der Waals surface area contributed by atoms with Crippen LogP contribution in [0.2, 0.25) is 0 Å². The lowest BCUT2D eigenvalue weighted by Gasteiger charge is -2.19. The molecule has 0 aromatic heterocycles. The third-order valence-electron chi connectivity index (χ3n) is 3.52. The van der Waals surface area contributed by atoms with Gasteiger partial charge in [-0.2, -0.15) is 0 Å². The Balaban J connectivity index is 1.81. The number of hydrogen-bond acceptors (Lipinski definition) is 6. The maximum Gasteiger partial charge on any atom is 0.407 e. The molecule has 0 heterocycles. The average Bonchev–Trinajstić information content (AvgIpc) is 2.64. The number of nitrogens with two attached hydrogens (primary N) is 1. The maximum atomic E-state index is 13.6. The number of alkyl carbamates (subject to hydrolysis) is 1. The molecule has 0 bridgehead atoms. The smallest absolute Gasteiger partial charge is 0.407 e. The normalized spacial score (nSPS) is 13.0. The zero-order valence-corrected chi connectivity index (χ0v) is 13.4. The quantitative estimate of drug-likeness (QED) is 0.381. The van der Waals surface area contributed by atoms with E-state index in [-0.39, 0.29) is 24.4 Å². The molecular formula is C17H20FN3O4. The molecule has 0 aliphatic heterocycles. The Kier molecular flexibility index (Phi) is 6.70. The Morgan fingerprint density at radius 2 is 1.92 bits per heavy atom. The van der Waals surface area contributed by atoms with Crippen LogP contribution in [-0.4, -0.2) is 29.0 Å². The Morgan fingerprint density at radius 1 is 1.20 bits per heavy atom. The van der Waals surface area contributed by atoms with Gasteiger partial charge in [-0.15, -0.1) is 0 Å². The molecule has 0 spiro atoms. The minimum absolute atomic E-state index is 0.0630. The molecule has 25 heavy (non-hydrogen) atoms. The van der Waals surface area contributed by atoms with Gasteiger partial charge in [0, 0.05) is 6.54 Å². The monoisotopic (exact) mass is 349 g/mol. The first-order chi connectivity index (χ1) is 12.0. The van der Waals surface area contributed by atoms with Crippen molar-refractivity contribution in [2.24, 2.45) is 5.84 Å². The summed E-state index contributed by atoms with van der Waals surface area (Å²) in [6.45, 7) is -0.169. The van der Waals surface area contributed by atoms with Crippen molar-refractivity contribution in [1.82, 2.24) is 5.32 Å². The van der Waals surface area contributed by atoms with E-state index in [0.29, 0.717) is 0 Å². The van der Waals surface area contributed by atoms with Crippen molar-refractivity contribution in [1.29, 1.82) is 0 Å². The second-order valence-corrected chi connectivity index (χ2v) is 5.34. The molecule has 2 aromatic carbocycles. The van der Waals surface area contributed by atoms with Crippen LogP contribution >= 0.6 is 0 Å². The molecule has 134 valence electrons. The number of carbonyl (C=O) groups excluding carboxylic acids is 1. The fraction of sp³-hybridized carbons (Fsp3) is 0.235. The van der Waals surface area contributed by atoms with Crippen molar-refractivity contribution in [2.45, 2.75) is 18.8 Å². The summed E-state index contributed by atoms with van der Waals surface area (Å²) in [5, 5.41) is 22.3. The van der Waals surface area contributed by atoms with E-state index in [0.717, 1.165) is 11.6 Å². The lowest BCUT2D eigenvalue weighted by Crippen LogP contribution is -2.35. The molecule has 2 aromatic rings. The molecule has 1 amide bonds. The van der Waals surface area contributed by atoms with Crippen LogP contribution in [0.3, 0.4) is 0 Å². The van der Waals surface area contributed by atoms with Crippen molar-refractivity contribution in [2.75, 3.05) is 12.0 Å². The molecule has 0 saturated carbocycles. The van der Waals surface area contributed by atoms with Crippen LogP contribution in [0, 0.1) is 5.82 Å². The highest BCUT2D eigenvalue weighted by molar-refractivity contribution is 5.67. The lowest BCUT2D eigenvalue weighted by molar-refractivity contribution is 0.0182. The van der Waals surface area contributed by atoms with Crippen LogP contribution in [0.25, 0.3) is 0 Å². The van der Waals surface area contributed by atoms with Crippen LogP contribution in [0.15, 0.2) is 48.5 Å². The molecule has 2 unspecified atom stereocenters. The Labute approximate surface area is 144 Å². The number of anilines is 1. The third-order valence-corrected chi connectivity index (χ3v) is 3.52. The summed E-state index contributed by atoms with van der Waals surface area (Å²) in [4.78, 5) is 11.6. The fourth-order valence-electron chi connectivity index (χ4n) is 2.13. The zero-order valence-electron chi connectivity index (χ0n) is 13.4. The predicted octanol–water partition coefficient (Wildman–Crippen LogP) is 1.43. The number of amides is 1. The van der Waals surface area contributed by atoms with Crippen molar-refractivity contribution < 1.29 is 24.1 Å². The second kappa shape index (κ2) is 8.97. The van der Waals surface area contributed by atoms with Gasteiger partial charge in [-0.25, -0.2) is 9.18 Å². The van der Waals surface area contributed by atoms with Crippen LogP contribution < -0.4 is 16.6 Å². The van der Waals surface area contributed by atoms with Gasteiger partial charge in [0.2, 0.25) is 0 Å². The standard InChI is InChI=1S/C17H20FN3O4/c18-13-8-12(6-7-14(13)21-19)16(23)15(22)9-20-17(24)25-10-11-4-2-1-3-5-11/h1-8,15-16,21-23H,9-10,19H2,(H,20,24). The van der Waals surface area contributed by atoms with Crippen LogP contribution in [0.1, 0.15) is 17.2 Å². The van der Waals surface area contributed by atoms with E-state index in [1.54, 1.807) is 12.1 Å². The summed E-state index contributed by atoms with van der Waals surface area (Å²) in [6.07, 6.45) is -3.44. The van der Waals surface area contributed by atoms with E-state index in [1.807, 2.05) is 18.2 Å². The summed E-state index contributed by atoms with van der Waals surface area (Å²) < 4.78 is 18.6. The SMILES string of the molecule is NNc1ccc(C(O)C(O)CNC(=O)OCc2ccccc2)cc1F. The van der Waals surface area contributed by atoms with Crippen LogP contribution in [0.4, 0.5) is 14.9 Å². The highest BCUT2D eigenvalue weighted by Crippen LogP contribution is 2.21. The number of halogens is 1. The molecule has 2 rings (SSSR count). The topological polar surface area (TPSA) is 117 Å². The van der Waals surface area contributed by atoms with Crippen LogP contribution in [-0.2, 0) is 11.3 Å². The number of nitrogen functional groups attached to an aromatic ring is 1. The Morgan fingerprint density at radius 3 is 2.56 bits per heavy atom. The van der Waals surface area contributed by atoms with E-state index in [4.69, 9.17) is 10.6 Å². The van der Waals surface area contributed by atoms with Gasteiger partial charge < -0.3 is 25.7 Å². The number of nitrogens with one attached hydrogen (secondary N) is 2. The minimum Gasteiger partial charge on any atom is -0.445 e. The number of carbonyl (C=O) groups is 1. The van der Waals surface area contributed by atoms with E-state index in [2.05, 4.69) is 10.7 Å². The lowest BCUT2D eigenvalue weighted by atomic mass is 10.0. The van der Waals surface area contributed by atoms with Crippen molar-refractivity contribution in [3.63, 3.8) is 0 Å². The molecule has 7 nitrogen and oxygen atoms in total. The summed E-state index contributed by atoms with van der Waals surface area (Å²) in [7, 11) is 0. The number of ether oxygens (including phenoxy) is 1. The van der Waals surface area contributed by atoms with Crippen molar-refractivity contribution in [3.05, 3.63) is 65.5 Å². The Bertz CT molecular complexity index is 700. The molecule has 0 aliphatic rings. The largest absolute Gasteiger partial charge is 0.445 e. The van der Waals surface area contributed by atoms with Gasteiger partial charge in [0.05, 0.1) is 5.69 Å². The molecule has 0 saturated heterocycles. The Hall–Kier alpha value is -2.68. The highest BCUT2D eigenvalue weighted by Gasteiger charge is 2.20. The van der Waals surface area contributed by atoms with E-state index >= 15 is 0 Å². The van der Waals surface area contributed by atoms with Gasteiger partial charge in [-0.1, -0.05) is 36.4 Å². The van der Waals surface area contributed by atoms with E-state index in [1.165, 1.54) is 12.1 Å². The molecule has 0 aliphatic carbocycles. The van der Waals surface area contributed by atoms with E-state index < -0.39 is 24.1 Å². The molecule has 2 atom stereocenters. The van der Waals surface area contributed by atoms with Gasteiger partial charge in [0.25, 0.3) is 0 Å². The third kappa shape index (κ3) is 5.42. The van der Waals surface area contributed by atoms with Gasteiger partial charge in [0.15, 0.2) is 0 Å². The molecule has 0 fully saturated rings. The van der Waals surface area contributed by atoms with E-state index in [9.17, 15) is 19.4 Å². The fourth-order valence-corrected chi connectivity index (χ4v) is 2.13. The first-order valence-electron chi connectivity index (χ1n) is 7.58. The zero-order chi connectivity index (χ0) is 18.2. The summed E-state index contributed by atoms with van der Waals surface area (Å²) in [5.74, 6) is 4.46. The van der Waals surface area contributed by atoms with Crippen LogP contribution in [0.5, 0.6) is 0 Å². The molecule has 8 heteroatoms. The van der Waals surface area contributed by atoms with Crippen molar-refractivity contribution in [3.8, 4) is 0 Å². The first-order valence-corrected chi connectivity index (χ1v) is 7.58. The van der Waals surface area contributed by atoms with Gasteiger partial charge in [-0.3, -0.25) is 5.84 Å². The number of aliphatic hydroxyl groups is 2. The predicted molar refractivity (Wildman–Crippen MR) is 89.8 cm³/mol. The van der Waals surface area contributed by atoms with Gasteiger partial charge in [0.1, 0.15) is 24.6 Å². The molecular weight excluding hydrogens is 329 g/mol. The number of hydrogen-bond donors (Lipinski definition) is 5. The average molecular weight is 349 g/mol. The highest BCUT2D eigenvalue weighted by atomic mass is 19.1. The summed E-state index contributed by atoms with van der Waals surface area (Å²) in [6, 6.07) is 12.9. The van der Waals surface area contributed by atoms with Crippen molar-refractivity contribution >= 4 is 11.8 Å². The number of rotatable bonds is 7. The number of hydrazine groups is 1.